The third-order valence-corrected chi connectivity index (χ3v) is 2.34. The van der Waals surface area contributed by atoms with Crippen LogP contribution >= 0.6 is 0 Å². The Morgan fingerprint density at radius 2 is 2.17 bits per heavy atom. The first kappa shape index (κ1) is 13.8. The van der Waals surface area contributed by atoms with Gasteiger partial charge in [0.2, 0.25) is 0 Å². The number of nitriles is 1. The smallest absolute Gasteiger partial charge is 0.272 e. The number of halogens is 1. The Hall–Kier alpha value is -2.24. The highest BCUT2D eigenvalue weighted by Crippen LogP contribution is 2.30. The van der Waals surface area contributed by atoms with Gasteiger partial charge >= 0.3 is 0 Å². The van der Waals surface area contributed by atoms with Crippen LogP contribution in [-0.2, 0) is 0 Å². The van der Waals surface area contributed by atoms with E-state index >= 15 is 0 Å². The molecule has 0 spiro atoms. The molecule has 0 fully saturated rings. The lowest BCUT2D eigenvalue weighted by atomic mass is 10.00. The van der Waals surface area contributed by atoms with Gasteiger partial charge in [0.05, 0.1) is 35.3 Å². The van der Waals surface area contributed by atoms with Crippen LogP contribution < -0.4 is 5.73 Å². The summed E-state index contributed by atoms with van der Waals surface area (Å²) < 4.78 is 13.3. The van der Waals surface area contributed by atoms with Gasteiger partial charge in [0, 0.05) is 11.6 Å². The molecule has 1 rings (SSSR count). The zero-order chi connectivity index (χ0) is 13.9. The van der Waals surface area contributed by atoms with Crippen LogP contribution in [0.4, 0.5) is 15.8 Å². The Bertz CT molecular complexity index is 515. The molecule has 96 valence electrons. The summed E-state index contributed by atoms with van der Waals surface area (Å²) in [5, 5.41) is 38.0. The summed E-state index contributed by atoms with van der Waals surface area (Å²) in [5.74, 6) is -1.07. The van der Waals surface area contributed by atoms with E-state index in [1.807, 2.05) is 0 Å². The van der Waals surface area contributed by atoms with E-state index in [9.17, 15) is 24.7 Å². The molecule has 0 aliphatic carbocycles. The van der Waals surface area contributed by atoms with Crippen molar-refractivity contribution in [3.05, 3.63) is 33.6 Å². The first-order valence-corrected chi connectivity index (χ1v) is 4.84. The second-order valence-electron chi connectivity index (χ2n) is 3.56. The van der Waals surface area contributed by atoms with Crippen LogP contribution in [0.15, 0.2) is 12.1 Å². The second-order valence-corrected chi connectivity index (χ2v) is 3.56. The maximum Gasteiger partial charge on any atom is 0.272 e. The van der Waals surface area contributed by atoms with Gasteiger partial charge in [-0.2, -0.15) is 5.26 Å². The van der Waals surface area contributed by atoms with Crippen LogP contribution in [0.3, 0.4) is 0 Å². The Labute approximate surface area is 101 Å². The molecule has 1 aromatic carbocycles. The number of aliphatic hydroxyl groups excluding tert-OH is 2. The molecule has 0 aromatic heterocycles. The summed E-state index contributed by atoms with van der Waals surface area (Å²) in [4.78, 5) is 9.68. The second kappa shape index (κ2) is 5.39. The molecule has 0 saturated carbocycles. The van der Waals surface area contributed by atoms with E-state index in [4.69, 9.17) is 11.0 Å². The van der Waals surface area contributed by atoms with Crippen molar-refractivity contribution in [3.8, 4) is 6.07 Å². The number of nitro groups is 1. The van der Waals surface area contributed by atoms with E-state index in [0.717, 1.165) is 6.07 Å². The zero-order valence-corrected chi connectivity index (χ0v) is 9.08. The standard InChI is InChI=1S/C10H10FN3O4/c11-7-4-5(14(17)18)3-6(9(7)13)10(16)8(15)1-2-12/h3-4,8,10,15-16H,1,13H2. The van der Waals surface area contributed by atoms with Gasteiger partial charge in [-0.15, -0.1) is 0 Å². The van der Waals surface area contributed by atoms with Crippen molar-refractivity contribution in [2.24, 2.45) is 0 Å². The molecule has 0 saturated heterocycles. The van der Waals surface area contributed by atoms with Crippen molar-refractivity contribution in [1.82, 2.24) is 0 Å². The van der Waals surface area contributed by atoms with E-state index in [0.29, 0.717) is 6.07 Å². The zero-order valence-electron chi connectivity index (χ0n) is 9.08. The van der Waals surface area contributed by atoms with Crippen molar-refractivity contribution in [2.75, 3.05) is 5.73 Å². The molecule has 2 unspecified atom stereocenters. The molecule has 4 N–H and O–H groups in total. The van der Waals surface area contributed by atoms with Gasteiger partial charge in [0.1, 0.15) is 6.10 Å². The molecular weight excluding hydrogens is 245 g/mol. The number of anilines is 1. The van der Waals surface area contributed by atoms with Crippen LogP contribution in [-0.4, -0.2) is 21.2 Å². The van der Waals surface area contributed by atoms with Crippen molar-refractivity contribution in [3.63, 3.8) is 0 Å². The Morgan fingerprint density at radius 1 is 1.56 bits per heavy atom. The minimum absolute atomic E-state index is 0.315. The fourth-order valence-electron chi connectivity index (χ4n) is 1.39. The minimum Gasteiger partial charge on any atom is -0.396 e. The number of non-ortho nitro benzene ring substituents is 1. The fraction of sp³-hybridized carbons (Fsp3) is 0.300. The SMILES string of the molecule is N#CCC(O)C(O)c1cc([N+](=O)[O-])cc(F)c1N. The van der Waals surface area contributed by atoms with Crippen molar-refractivity contribution in [2.45, 2.75) is 18.6 Å². The van der Waals surface area contributed by atoms with Crippen LogP contribution in [0.1, 0.15) is 18.1 Å². The van der Waals surface area contributed by atoms with Gasteiger partial charge < -0.3 is 15.9 Å². The molecule has 1 aromatic rings. The maximum absolute atomic E-state index is 13.3. The van der Waals surface area contributed by atoms with E-state index in [2.05, 4.69) is 0 Å². The van der Waals surface area contributed by atoms with Gasteiger partial charge in [-0.05, 0) is 0 Å². The van der Waals surface area contributed by atoms with Gasteiger partial charge in [-0.25, -0.2) is 4.39 Å². The predicted molar refractivity (Wildman–Crippen MR) is 58.7 cm³/mol. The summed E-state index contributed by atoms with van der Waals surface area (Å²) in [5.41, 5.74) is 3.93. The lowest BCUT2D eigenvalue weighted by molar-refractivity contribution is -0.385. The molecule has 0 heterocycles. The van der Waals surface area contributed by atoms with E-state index < -0.39 is 40.7 Å². The fourth-order valence-corrected chi connectivity index (χ4v) is 1.39. The predicted octanol–water partition coefficient (Wildman–Crippen LogP) is 0.624. The molecular formula is C10H10FN3O4. The summed E-state index contributed by atoms with van der Waals surface area (Å²) >= 11 is 0. The van der Waals surface area contributed by atoms with Gasteiger partial charge in [0.15, 0.2) is 5.82 Å². The molecule has 2 atom stereocenters. The number of benzene rings is 1. The van der Waals surface area contributed by atoms with Crippen molar-refractivity contribution in [1.29, 1.82) is 5.26 Å². The number of nitrogens with zero attached hydrogens (tertiary/aromatic N) is 2. The van der Waals surface area contributed by atoms with Crippen LogP contribution in [0.5, 0.6) is 0 Å². The normalized spacial score (nSPS) is 13.7. The Balaban J connectivity index is 3.23. The number of hydrogen-bond donors (Lipinski definition) is 3. The quantitative estimate of drug-likeness (QED) is 0.410. The van der Waals surface area contributed by atoms with Crippen molar-refractivity contribution < 1.29 is 19.5 Å². The van der Waals surface area contributed by atoms with Gasteiger partial charge in [-0.3, -0.25) is 10.1 Å². The van der Waals surface area contributed by atoms with E-state index in [-0.39, 0.29) is 5.56 Å². The molecule has 0 aliphatic heterocycles. The van der Waals surface area contributed by atoms with Crippen LogP contribution in [0, 0.1) is 27.3 Å². The monoisotopic (exact) mass is 255 g/mol. The summed E-state index contributed by atoms with van der Waals surface area (Å²) in [6, 6.07) is 3.09. The molecule has 8 heteroatoms. The number of hydrogen-bond acceptors (Lipinski definition) is 6. The molecule has 0 radical (unpaired) electrons. The lowest BCUT2D eigenvalue weighted by Crippen LogP contribution is -2.19. The summed E-state index contributed by atoms with van der Waals surface area (Å²) in [7, 11) is 0. The average Bonchev–Trinajstić information content (AvgIpc) is 2.31. The van der Waals surface area contributed by atoms with Gasteiger partial charge in [-0.1, -0.05) is 0 Å². The van der Waals surface area contributed by atoms with E-state index in [1.165, 1.54) is 0 Å². The number of nitrogens with two attached hydrogens (primary N) is 1. The third kappa shape index (κ3) is 2.71. The van der Waals surface area contributed by atoms with Crippen LogP contribution in [0.25, 0.3) is 0 Å². The largest absolute Gasteiger partial charge is 0.396 e. The van der Waals surface area contributed by atoms with Gasteiger partial charge in [0.25, 0.3) is 5.69 Å². The molecule has 0 amide bonds. The molecule has 7 nitrogen and oxygen atoms in total. The molecule has 18 heavy (non-hydrogen) atoms. The highest BCUT2D eigenvalue weighted by molar-refractivity contribution is 5.55. The number of aliphatic hydroxyl groups is 2. The number of rotatable bonds is 4. The van der Waals surface area contributed by atoms with Crippen LogP contribution in [0.2, 0.25) is 0 Å². The summed E-state index contributed by atoms with van der Waals surface area (Å²) in [6.45, 7) is 0. The topological polar surface area (TPSA) is 133 Å². The first-order chi connectivity index (χ1) is 8.38. The Kier molecular flexibility index (Phi) is 4.14. The van der Waals surface area contributed by atoms with Crippen molar-refractivity contribution >= 4 is 11.4 Å². The minimum atomic E-state index is -1.67. The first-order valence-electron chi connectivity index (χ1n) is 4.84. The highest BCUT2D eigenvalue weighted by atomic mass is 19.1. The van der Waals surface area contributed by atoms with E-state index in [1.54, 1.807) is 6.07 Å². The third-order valence-electron chi connectivity index (χ3n) is 2.34. The highest BCUT2D eigenvalue weighted by Gasteiger charge is 2.25. The number of nitro benzene ring substituents is 1. The molecule has 0 bridgehead atoms. The average molecular weight is 255 g/mol. The molecule has 0 aliphatic rings. The lowest BCUT2D eigenvalue weighted by Gasteiger charge is -2.17. The Morgan fingerprint density at radius 3 is 2.67 bits per heavy atom. The summed E-state index contributed by atoms with van der Waals surface area (Å²) in [6.07, 6.45) is -3.58. The maximum atomic E-state index is 13.3. The number of nitrogen functional groups attached to an aromatic ring is 1.